The van der Waals surface area contributed by atoms with Crippen molar-refractivity contribution in [3.05, 3.63) is 22.8 Å². The van der Waals surface area contributed by atoms with E-state index in [1.807, 2.05) is 0 Å². The Balaban J connectivity index is 1.51. The second-order valence-corrected chi connectivity index (χ2v) is 12.0. The highest BCUT2D eigenvalue weighted by Gasteiger charge is 2.59. The molecule has 7 unspecified atom stereocenters. The molecule has 0 N–H and O–H groups in total. The molecule has 0 aliphatic heterocycles. The summed E-state index contributed by atoms with van der Waals surface area (Å²) < 4.78 is 0. The Morgan fingerprint density at radius 1 is 1.03 bits per heavy atom. The lowest BCUT2D eigenvalue weighted by molar-refractivity contribution is -0.117. The molecule has 4 aliphatic carbocycles. The van der Waals surface area contributed by atoms with Crippen molar-refractivity contribution < 1.29 is 4.79 Å². The van der Waals surface area contributed by atoms with Crippen LogP contribution in [0.25, 0.3) is 0 Å². The van der Waals surface area contributed by atoms with Gasteiger partial charge in [0.1, 0.15) is 0 Å². The average molecular weight is 397 g/mol. The molecule has 162 valence electrons. The van der Waals surface area contributed by atoms with E-state index in [1.54, 1.807) is 5.57 Å². The summed E-state index contributed by atoms with van der Waals surface area (Å²) in [6.07, 6.45) is 14.9. The maximum atomic E-state index is 12.0. The largest absolute Gasteiger partial charge is 0.295 e. The first-order chi connectivity index (χ1) is 13.7. The number of allylic oxidation sites excluding steroid dienone is 3. The topological polar surface area (TPSA) is 17.1 Å². The third-order valence-electron chi connectivity index (χ3n) is 10.6. The molecule has 29 heavy (non-hydrogen) atoms. The number of rotatable bonds is 4. The zero-order valence-electron chi connectivity index (χ0n) is 19.9. The Morgan fingerprint density at radius 2 is 1.79 bits per heavy atom. The maximum Gasteiger partial charge on any atom is 0.155 e. The van der Waals surface area contributed by atoms with Gasteiger partial charge >= 0.3 is 0 Å². The summed E-state index contributed by atoms with van der Waals surface area (Å²) in [6, 6.07) is 0. The van der Waals surface area contributed by atoms with Gasteiger partial charge in [-0.15, -0.1) is 0 Å². The number of ketones is 1. The predicted molar refractivity (Wildman–Crippen MR) is 123 cm³/mol. The van der Waals surface area contributed by atoms with Crippen LogP contribution < -0.4 is 0 Å². The minimum atomic E-state index is 0.322. The van der Waals surface area contributed by atoms with Crippen LogP contribution in [0, 0.1) is 40.4 Å². The van der Waals surface area contributed by atoms with Crippen molar-refractivity contribution in [2.75, 3.05) is 0 Å². The zero-order valence-corrected chi connectivity index (χ0v) is 19.9. The highest BCUT2D eigenvalue weighted by molar-refractivity contribution is 5.91. The summed E-state index contributed by atoms with van der Waals surface area (Å²) in [5.74, 6) is 4.80. The molecule has 0 amide bonds. The van der Waals surface area contributed by atoms with Crippen LogP contribution in [0.15, 0.2) is 22.8 Å². The van der Waals surface area contributed by atoms with E-state index in [-0.39, 0.29) is 0 Å². The Bertz CT molecular complexity index is 723. The summed E-state index contributed by atoms with van der Waals surface area (Å²) in [4.78, 5) is 12.0. The van der Waals surface area contributed by atoms with Gasteiger partial charge in [-0.3, -0.25) is 4.79 Å². The fraction of sp³-hybridized carbons (Fsp3) is 0.821. The number of fused-ring (bicyclic) bond motifs is 5. The summed E-state index contributed by atoms with van der Waals surface area (Å²) in [5.41, 5.74) is 5.51. The van der Waals surface area contributed by atoms with Crippen LogP contribution in [0.1, 0.15) is 106 Å². The third-order valence-corrected chi connectivity index (χ3v) is 10.6. The van der Waals surface area contributed by atoms with E-state index in [1.165, 1.54) is 62.5 Å². The minimum absolute atomic E-state index is 0.322. The number of carbonyl (C=O) groups is 1. The van der Waals surface area contributed by atoms with Crippen molar-refractivity contribution >= 4 is 5.78 Å². The van der Waals surface area contributed by atoms with E-state index in [9.17, 15) is 4.79 Å². The van der Waals surface area contributed by atoms with Gasteiger partial charge in [0, 0.05) is 6.42 Å². The van der Waals surface area contributed by atoms with Crippen molar-refractivity contribution in [3.8, 4) is 0 Å². The molecule has 0 heterocycles. The average Bonchev–Trinajstić information content (AvgIpc) is 3.03. The van der Waals surface area contributed by atoms with Gasteiger partial charge in [-0.25, -0.2) is 0 Å². The van der Waals surface area contributed by atoms with Gasteiger partial charge < -0.3 is 0 Å². The molecule has 0 bridgehead atoms. The Labute approximate surface area is 179 Å². The molecular formula is C28H44O. The fourth-order valence-corrected chi connectivity index (χ4v) is 8.43. The predicted octanol–water partition coefficient (Wildman–Crippen LogP) is 7.91. The van der Waals surface area contributed by atoms with Gasteiger partial charge in [0.05, 0.1) is 0 Å². The molecule has 1 nitrogen and oxygen atoms in total. The SMILES string of the molecule is CC(C)=C(C)CCC(C)C1CCC2C3CCC4=CC(=O)CCC4(C)C3CCC12C. The van der Waals surface area contributed by atoms with Crippen LogP contribution in [0.2, 0.25) is 0 Å². The van der Waals surface area contributed by atoms with Gasteiger partial charge in [0.15, 0.2) is 5.78 Å². The van der Waals surface area contributed by atoms with Gasteiger partial charge in [-0.1, -0.05) is 37.5 Å². The van der Waals surface area contributed by atoms with Crippen LogP contribution >= 0.6 is 0 Å². The van der Waals surface area contributed by atoms with E-state index in [0.29, 0.717) is 16.6 Å². The molecule has 4 rings (SSSR count). The van der Waals surface area contributed by atoms with Crippen LogP contribution in [0.5, 0.6) is 0 Å². The van der Waals surface area contributed by atoms with Gasteiger partial charge in [0.25, 0.3) is 0 Å². The molecule has 3 fully saturated rings. The highest BCUT2D eigenvalue weighted by Crippen LogP contribution is 2.67. The first kappa shape index (κ1) is 21.4. The number of hydrogen-bond donors (Lipinski definition) is 0. The zero-order chi connectivity index (χ0) is 21.0. The normalized spacial score (nSPS) is 42.4. The number of hydrogen-bond acceptors (Lipinski definition) is 1. The summed E-state index contributed by atoms with van der Waals surface area (Å²) in [5, 5.41) is 0. The van der Waals surface area contributed by atoms with Crippen LogP contribution in [0.4, 0.5) is 0 Å². The minimum Gasteiger partial charge on any atom is -0.295 e. The molecule has 1 heteroatoms. The molecular weight excluding hydrogens is 352 g/mol. The van der Waals surface area contributed by atoms with E-state index in [4.69, 9.17) is 0 Å². The van der Waals surface area contributed by atoms with Crippen molar-refractivity contribution in [2.24, 2.45) is 40.4 Å². The van der Waals surface area contributed by atoms with Crippen LogP contribution in [0.3, 0.4) is 0 Å². The van der Waals surface area contributed by atoms with E-state index < -0.39 is 0 Å². The maximum absolute atomic E-state index is 12.0. The molecule has 0 aromatic rings. The summed E-state index contributed by atoms with van der Waals surface area (Å²) >= 11 is 0. The van der Waals surface area contributed by atoms with Crippen LogP contribution in [-0.4, -0.2) is 5.78 Å². The summed E-state index contributed by atoms with van der Waals surface area (Å²) in [6.45, 7) is 14.6. The Kier molecular flexibility index (Phi) is 5.67. The third kappa shape index (κ3) is 3.49. The van der Waals surface area contributed by atoms with E-state index in [0.717, 1.165) is 42.4 Å². The lowest BCUT2D eigenvalue weighted by atomic mass is 9.46. The van der Waals surface area contributed by atoms with Crippen molar-refractivity contribution in [1.82, 2.24) is 0 Å². The number of carbonyl (C=O) groups excluding carboxylic acids is 1. The molecule has 4 aliphatic rings. The first-order valence-electron chi connectivity index (χ1n) is 12.5. The molecule has 0 radical (unpaired) electrons. The van der Waals surface area contributed by atoms with Gasteiger partial charge in [0.2, 0.25) is 0 Å². The Morgan fingerprint density at radius 3 is 2.52 bits per heavy atom. The molecule has 0 aromatic carbocycles. The van der Waals surface area contributed by atoms with Crippen LogP contribution in [-0.2, 0) is 4.79 Å². The monoisotopic (exact) mass is 396 g/mol. The highest BCUT2D eigenvalue weighted by atomic mass is 16.1. The molecule has 3 saturated carbocycles. The standard InChI is InChI=1S/C28H44O/c1-18(2)19(3)7-8-20(4)24-11-12-25-23-10-9-21-17-22(29)13-15-27(21,5)26(23)14-16-28(24,25)6/h17,20,23-26H,7-16H2,1-6H3. The quantitative estimate of drug-likeness (QED) is 0.441. The molecule has 0 spiro atoms. The fourth-order valence-electron chi connectivity index (χ4n) is 8.43. The summed E-state index contributed by atoms with van der Waals surface area (Å²) in [7, 11) is 0. The second-order valence-electron chi connectivity index (χ2n) is 12.0. The lowest BCUT2D eigenvalue weighted by Crippen LogP contribution is -2.50. The smallest absolute Gasteiger partial charge is 0.155 e. The van der Waals surface area contributed by atoms with Gasteiger partial charge in [-0.2, -0.15) is 0 Å². The van der Waals surface area contributed by atoms with Crippen molar-refractivity contribution in [3.63, 3.8) is 0 Å². The molecule has 0 saturated heterocycles. The second kappa shape index (κ2) is 7.69. The molecule has 7 atom stereocenters. The van der Waals surface area contributed by atoms with Crippen molar-refractivity contribution in [1.29, 1.82) is 0 Å². The van der Waals surface area contributed by atoms with E-state index in [2.05, 4.69) is 47.6 Å². The lowest BCUT2D eigenvalue weighted by Gasteiger charge is -2.58. The first-order valence-corrected chi connectivity index (χ1v) is 12.5. The molecule has 0 aromatic heterocycles. The van der Waals surface area contributed by atoms with Gasteiger partial charge in [-0.05, 0) is 125 Å². The Hall–Kier alpha value is -0.850. The van der Waals surface area contributed by atoms with Crippen molar-refractivity contribution in [2.45, 2.75) is 106 Å². The van der Waals surface area contributed by atoms with E-state index >= 15 is 0 Å².